The molecular formula is C20H30O4. The fourth-order valence-corrected chi connectivity index (χ4v) is 2.83. The fraction of sp³-hybridized carbons (Fsp3) is 0.600. The summed E-state index contributed by atoms with van der Waals surface area (Å²) in [4.78, 5) is 23.2. The van der Waals surface area contributed by atoms with Gasteiger partial charge >= 0.3 is 11.9 Å². The van der Waals surface area contributed by atoms with Crippen LogP contribution in [0.5, 0.6) is 0 Å². The zero-order chi connectivity index (χ0) is 18.6. The molecule has 4 heteroatoms. The first-order valence-electron chi connectivity index (χ1n) is 8.56. The van der Waals surface area contributed by atoms with Crippen LogP contribution in [0.3, 0.4) is 0 Å². The molecule has 0 aliphatic rings. The van der Waals surface area contributed by atoms with E-state index in [0.29, 0.717) is 5.92 Å². The van der Waals surface area contributed by atoms with Crippen molar-refractivity contribution in [2.45, 2.75) is 72.3 Å². The molecule has 0 unspecified atom stereocenters. The van der Waals surface area contributed by atoms with Gasteiger partial charge in [-0.2, -0.15) is 0 Å². The SMILES string of the molecule is COC(=O)C(=O)O[C@H](C)c1c(C(C)C)cc(C(C)C)cc1C(C)C. The number of rotatable bonds is 5. The monoisotopic (exact) mass is 334 g/mol. The van der Waals surface area contributed by atoms with E-state index >= 15 is 0 Å². The normalized spacial score (nSPS) is 12.6. The summed E-state index contributed by atoms with van der Waals surface area (Å²) in [5, 5.41) is 0. The predicted molar refractivity (Wildman–Crippen MR) is 95.2 cm³/mol. The van der Waals surface area contributed by atoms with Crippen molar-refractivity contribution in [3.8, 4) is 0 Å². The highest BCUT2D eigenvalue weighted by Crippen LogP contribution is 2.36. The van der Waals surface area contributed by atoms with Gasteiger partial charge in [-0.25, -0.2) is 9.59 Å². The molecule has 0 N–H and O–H groups in total. The number of carbonyl (C=O) groups excluding carboxylic acids is 2. The molecule has 4 nitrogen and oxygen atoms in total. The summed E-state index contributed by atoms with van der Waals surface area (Å²) in [6.45, 7) is 14.7. The summed E-state index contributed by atoms with van der Waals surface area (Å²) in [5.41, 5.74) is 4.60. The van der Waals surface area contributed by atoms with E-state index in [1.165, 1.54) is 12.7 Å². The quantitative estimate of drug-likeness (QED) is 0.571. The van der Waals surface area contributed by atoms with E-state index in [0.717, 1.165) is 16.7 Å². The van der Waals surface area contributed by atoms with Gasteiger partial charge in [0.1, 0.15) is 6.10 Å². The Morgan fingerprint density at radius 3 is 1.58 bits per heavy atom. The van der Waals surface area contributed by atoms with Crippen molar-refractivity contribution < 1.29 is 19.1 Å². The molecule has 0 fully saturated rings. The standard InChI is InChI=1S/C20H30O4/c1-11(2)15-9-16(12(3)4)18(17(10-15)13(5)6)14(7)24-20(22)19(21)23-8/h9-14H,1-8H3/t14-/m1/s1. The van der Waals surface area contributed by atoms with E-state index in [2.05, 4.69) is 58.4 Å². The molecule has 24 heavy (non-hydrogen) atoms. The van der Waals surface area contributed by atoms with Gasteiger partial charge < -0.3 is 9.47 Å². The van der Waals surface area contributed by atoms with Crippen molar-refractivity contribution in [3.63, 3.8) is 0 Å². The molecule has 134 valence electrons. The van der Waals surface area contributed by atoms with Gasteiger partial charge in [0.25, 0.3) is 0 Å². The van der Waals surface area contributed by atoms with Crippen LogP contribution < -0.4 is 0 Å². The molecule has 0 amide bonds. The van der Waals surface area contributed by atoms with E-state index in [4.69, 9.17) is 4.74 Å². The van der Waals surface area contributed by atoms with Gasteiger partial charge in [-0.3, -0.25) is 0 Å². The summed E-state index contributed by atoms with van der Waals surface area (Å²) in [5.74, 6) is -0.937. The molecule has 0 saturated carbocycles. The highest BCUT2D eigenvalue weighted by molar-refractivity contribution is 6.29. The molecule has 1 rings (SSSR count). The summed E-state index contributed by atoms with van der Waals surface area (Å²) in [7, 11) is 1.17. The maximum absolute atomic E-state index is 11.8. The van der Waals surface area contributed by atoms with Crippen molar-refractivity contribution in [2.75, 3.05) is 7.11 Å². The van der Waals surface area contributed by atoms with E-state index in [9.17, 15) is 9.59 Å². The van der Waals surface area contributed by atoms with Crippen molar-refractivity contribution in [2.24, 2.45) is 0 Å². The van der Waals surface area contributed by atoms with E-state index in [1.54, 1.807) is 0 Å². The van der Waals surface area contributed by atoms with Gasteiger partial charge in [0.15, 0.2) is 0 Å². The number of ether oxygens (including phenoxy) is 2. The zero-order valence-electron chi connectivity index (χ0n) is 16.1. The molecule has 0 spiro atoms. The maximum Gasteiger partial charge on any atom is 0.418 e. The number of benzene rings is 1. The third-order valence-corrected chi connectivity index (χ3v) is 4.22. The highest BCUT2D eigenvalue weighted by atomic mass is 16.6. The maximum atomic E-state index is 11.8. The molecule has 0 heterocycles. The van der Waals surface area contributed by atoms with E-state index in [-0.39, 0.29) is 11.8 Å². The number of hydrogen-bond donors (Lipinski definition) is 0. The van der Waals surface area contributed by atoms with Gasteiger partial charge in [-0.1, -0.05) is 53.7 Å². The Bertz CT molecular complexity index is 571. The van der Waals surface area contributed by atoms with Crippen molar-refractivity contribution >= 4 is 11.9 Å². The Hall–Kier alpha value is -1.84. The Balaban J connectivity index is 3.42. The molecule has 1 aromatic rings. The van der Waals surface area contributed by atoms with Crippen LogP contribution in [-0.2, 0) is 19.1 Å². The minimum atomic E-state index is -0.974. The van der Waals surface area contributed by atoms with Crippen molar-refractivity contribution in [1.82, 2.24) is 0 Å². The smallest absolute Gasteiger partial charge is 0.418 e. The average Bonchev–Trinajstić information content (AvgIpc) is 2.51. The average molecular weight is 334 g/mol. The Morgan fingerprint density at radius 2 is 1.25 bits per heavy atom. The minimum absolute atomic E-state index is 0.287. The van der Waals surface area contributed by atoms with Crippen LogP contribution in [0, 0.1) is 0 Å². The third kappa shape index (κ3) is 4.59. The third-order valence-electron chi connectivity index (χ3n) is 4.22. The molecule has 0 saturated heterocycles. The van der Waals surface area contributed by atoms with Crippen LogP contribution in [0.2, 0.25) is 0 Å². The van der Waals surface area contributed by atoms with Gasteiger partial charge in [0, 0.05) is 0 Å². The van der Waals surface area contributed by atoms with Crippen LogP contribution in [0.1, 0.15) is 94.6 Å². The molecule has 1 atom stereocenters. The van der Waals surface area contributed by atoms with Crippen LogP contribution in [0.15, 0.2) is 12.1 Å². The molecule has 0 bridgehead atoms. The van der Waals surface area contributed by atoms with Crippen LogP contribution >= 0.6 is 0 Å². The molecule has 0 radical (unpaired) electrons. The molecule has 0 aliphatic heterocycles. The second kappa shape index (κ2) is 8.32. The molecule has 0 aromatic heterocycles. The Labute approximate surface area is 145 Å². The van der Waals surface area contributed by atoms with Crippen molar-refractivity contribution in [1.29, 1.82) is 0 Å². The second-order valence-electron chi connectivity index (χ2n) is 7.12. The number of carbonyl (C=O) groups is 2. The lowest BCUT2D eigenvalue weighted by molar-refractivity contribution is -0.169. The van der Waals surface area contributed by atoms with Crippen LogP contribution in [-0.4, -0.2) is 19.0 Å². The van der Waals surface area contributed by atoms with Gasteiger partial charge in [-0.15, -0.1) is 0 Å². The summed E-state index contributed by atoms with van der Waals surface area (Å²) < 4.78 is 9.80. The summed E-state index contributed by atoms with van der Waals surface area (Å²) in [6, 6.07) is 4.39. The molecule has 0 aliphatic carbocycles. The predicted octanol–water partition coefficient (Wildman–Crippen LogP) is 4.83. The first-order valence-corrected chi connectivity index (χ1v) is 8.56. The number of methoxy groups -OCH3 is 1. The van der Waals surface area contributed by atoms with Gasteiger partial charge in [-0.05, 0) is 46.9 Å². The first-order chi connectivity index (χ1) is 11.1. The van der Waals surface area contributed by atoms with Crippen LogP contribution in [0.25, 0.3) is 0 Å². The minimum Gasteiger partial charge on any atom is -0.461 e. The van der Waals surface area contributed by atoms with E-state index in [1.807, 2.05) is 6.92 Å². The summed E-state index contributed by atoms with van der Waals surface area (Å²) in [6.07, 6.45) is -0.507. The van der Waals surface area contributed by atoms with E-state index < -0.39 is 18.0 Å². The zero-order valence-corrected chi connectivity index (χ0v) is 16.1. The lowest BCUT2D eigenvalue weighted by atomic mass is 9.82. The van der Waals surface area contributed by atoms with Gasteiger partial charge in [0.2, 0.25) is 0 Å². The number of hydrogen-bond acceptors (Lipinski definition) is 4. The topological polar surface area (TPSA) is 52.6 Å². The molecule has 1 aromatic carbocycles. The number of esters is 2. The second-order valence-corrected chi connectivity index (χ2v) is 7.12. The van der Waals surface area contributed by atoms with Crippen molar-refractivity contribution in [3.05, 3.63) is 34.4 Å². The lowest BCUT2D eigenvalue weighted by Crippen LogP contribution is -2.22. The molecular weight excluding hydrogens is 304 g/mol. The highest BCUT2D eigenvalue weighted by Gasteiger charge is 2.26. The Morgan fingerprint density at radius 1 is 0.792 bits per heavy atom. The Kier molecular flexibility index (Phi) is 7.00. The summed E-state index contributed by atoms with van der Waals surface area (Å²) >= 11 is 0. The fourth-order valence-electron chi connectivity index (χ4n) is 2.83. The first kappa shape index (κ1) is 20.2. The lowest BCUT2D eigenvalue weighted by Gasteiger charge is -2.26. The largest absolute Gasteiger partial charge is 0.461 e. The van der Waals surface area contributed by atoms with Gasteiger partial charge in [0.05, 0.1) is 7.11 Å². The van der Waals surface area contributed by atoms with Crippen LogP contribution in [0.4, 0.5) is 0 Å².